The topological polar surface area (TPSA) is 49.4 Å². The second-order valence-electron chi connectivity index (χ2n) is 4.43. The number of hydrogen-bond acceptors (Lipinski definition) is 4. The van der Waals surface area contributed by atoms with Crippen LogP contribution in [0.3, 0.4) is 0 Å². The average Bonchev–Trinajstić information content (AvgIpc) is 2.47. The maximum atomic E-state index is 4.25. The standard InChI is InChI=1S/C16H22N4/c1-5-17-11-19-13(3)15-7-9-16(10-8-15)14(4)20-12-18-6-2/h7-10,13-14H,5-6H2,1-4H3. The summed E-state index contributed by atoms with van der Waals surface area (Å²) in [7, 11) is 0. The van der Waals surface area contributed by atoms with E-state index in [0.717, 1.165) is 11.1 Å². The molecule has 0 aliphatic rings. The summed E-state index contributed by atoms with van der Waals surface area (Å²) in [6, 6.07) is 13.8. The van der Waals surface area contributed by atoms with Crippen LogP contribution in [-0.2, 0) is 0 Å². The smallest absolute Gasteiger partial charge is 0.0898 e. The first kappa shape index (κ1) is 16.0. The van der Waals surface area contributed by atoms with Crippen molar-refractivity contribution in [2.75, 3.05) is 13.1 Å². The third-order valence-electron chi connectivity index (χ3n) is 2.86. The summed E-state index contributed by atoms with van der Waals surface area (Å²) in [5.41, 5.74) is 2.29. The lowest BCUT2D eigenvalue weighted by molar-refractivity contribution is 0.805. The molecule has 0 saturated heterocycles. The van der Waals surface area contributed by atoms with Gasteiger partial charge in [0.1, 0.15) is 0 Å². The molecule has 20 heavy (non-hydrogen) atoms. The zero-order valence-corrected chi connectivity index (χ0v) is 12.7. The zero-order valence-electron chi connectivity index (χ0n) is 12.7. The van der Waals surface area contributed by atoms with Crippen molar-refractivity contribution in [3.63, 3.8) is 0 Å². The lowest BCUT2D eigenvalue weighted by Gasteiger charge is -2.08. The number of rotatable bonds is 6. The van der Waals surface area contributed by atoms with Crippen molar-refractivity contribution in [3.05, 3.63) is 35.4 Å². The van der Waals surface area contributed by atoms with Gasteiger partial charge in [-0.3, -0.25) is 0 Å². The van der Waals surface area contributed by atoms with Crippen LogP contribution >= 0.6 is 0 Å². The third-order valence-corrected chi connectivity index (χ3v) is 2.86. The number of benzene rings is 1. The Morgan fingerprint density at radius 3 is 1.45 bits per heavy atom. The highest BCUT2D eigenvalue weighted by Crippen LogP contribution is 2.21. The van der Waals surface area contributed by atoms with Crippen LogP contribution in [0.2, 0.25) is 0 Å². The Balaban J connectivity index is 2.78. The van der Waals surface area contributed by atoms with Gasteiger partial charge in [-0.15, -0.1) is 0 Å². The van der Waals surface area contributed by atoms with E-state index < -0.39 is 0 Å². The fourth-order valence-electron chi connectivity index (χ4n) is 1.60. The largest absolute Gasteiger partial charge is 0.226 e. The van der Waals surface area contributed by atoms with Crippen molar-refractivity contribution in [2.24, 2.45) is 20.0 Å². The number of hydrogen-bond donors (Lipinski definition) is 0. The molecule has 0 aromatic heterocycles. The van der Waals surface area contributed by atoms with E-state index >= 15 is 0 Å². The van der Waals surface area contributed by atoms with Gasteiger partial charge < -0.3 is 0 Å². The lowest BCUT2D eigenvalue weighted by Crippen LogP contribution is -1.93. The van der Waals surface area contributed by atoms with Gasteiger partial charge in [-0.05, 0) is 38.8 Å². The van der Waals surface area contributed by atoms with Crippen molar-refractivity contribution >= 4 is 12.0 Å². The highest BCUT2D eigenvalue weighted by Gasteiger charge is 2.05. The maximum Gasteiger partial charge on any atom is 0.0898 e. The van der Waals surface area contributed by atoms with E-state index in [4.69, 9.17) is 0 Å². The molecule has 1 aromatic rings. The monoisotopic (exact) mass is 270 g/mol. The van der Waals surface area contributed by atoms with E-state index in [0.29, 0.717) is 13.1 Å². The van der Waals surface area contributed by atoms with Gasteiger partial charge in [0, 0.05) is 13.1 Å². The Kier molecular flexibility index (Phi) is 7.20. The van der Waals surface area contributed by atoms with Crippen LogP contribution in [0.15, 0.2) is 44.2 Å². The van der Waals surface area contributed by atoms with Gasteiger partial charge in [-0.2, -0.15) is 0 Å². The summed E-state index contributed by atoms with van der Waals surface area (Å²) in [5, 5.41) is 0. The number of nitrogens with zero attached hydrogens (tertiary/aromatic N) is 4. The quantitative estimate of drug-likeness (QED) is 0.696. The van der Waals surface area contributed by atoms with Gasteiger partial charge in [0.25, 0.3) is 0 Å². The molecule has 4 heteroatoms. The molecule has 0 spiro atoms. The highest BCUT2D eigenvalue weighted by atomic mass is 14.8. The van der Waals surface area contributed by atoms with Crippen LogP contribution < -0.4 is 0 Å². The molecule has 2 unspecified atom stereocenters. The van der Waals surface area contributed by atoms with E-state index in [1.807, 2.05) is 27.7 Å². The molecular formula is C16H22N4. The molecule has 1 aromatic carbocycles. The van der Waals surface area contributed by atoms with Gasteiger partial charge in [0.05, 0.1) is 24.1 Å². The normalized spacial score (nSPS) is 12.6. The van der Waals surface area contributed by atoms with Crippen molar-refractivity contribution in [2.45, 2.75) is 39.8 Å². The second-order valence-corrected chi connectivity index (χ2v) is 4.43. The van der Waals surface area contributed by atoms with Crippen LogP contribution in [0, 0.1) is 0 Å². The molecule has 0 fully saturated rings. The molecule has 0 heterocycles. The summed E-state index contributed by atoms with van der Waals surface area (Å²) in [4.78, 5) is 16.5. The summed E-state index contributed by atoms with van der Waals surface area (Å²) in [5.74, 6) is 0. The fourth-order valence-corrected chi connectivity index (χ4v) is 1.60. The Hall–Kier alpha value is -2.02. The van der Waals surface area contributed by atoms with E-state index in [9.17, 15) is 0 Å². The molecular weight excluding hydrogens is 248 g/mol. The SMILES string of the molecule is CCN=C=NC(C)c1ccc(C(C)N=C=NCC)cc1. The molecule has 0 saturated carbocycles. The molecule has 0 radical (unpaired) electrons. The zero-order chi connectivity index (χ0) is 14.8. The van der Waals surface area contributed by atoms with E-state index in [1.165, 1.54) is 0 Å². The van der Waals surface area contributed by atoms with Crippen molar-refractivity contribution in [1.82, 2.24) is 0 Å². The number of aliphatic imine (C=N–C) groups is 4. The van der Waals surface area contributed by atoms with Crippen LogP contribution in [0.25, 0.3) is 0 Å². The second kappa shape index (κ2) is 8.98. The maximum absolute atomic E-state index is 4.25. The Bertz CT molecular complexity index is 469. The fraction of sp³-hybridized carbons (Fsp3) is 0.500. The highest BCUT2D eigenvalue weighted by molar-refractivity contribution is 5.43. The van der Waals surface area contributed by atoms with Crippen LogP contribution in [0.4, 0.5) is 0 Å². The minimum absolute atomic E-state index is 0.0693. The van der Waals surface area contributed by atoms with Crippen molar-refractivity contribution in [3.8, 4) is 0 Å². The first-order valence-electron chi connectivity index (χ1n) is 7.01. The van der Waals surface area contributed by atoms with Gasteiger partial charge >= 0.3 is 0 Å². The first-order valence-corrected chi connectivity index (χ1v) is 7.01. The van der Waals surface area contributed by atoms with Crippen molar-refractivity contribution < 1.29 is 0 Å². The van der Waals surface area contributed by atoms with E-state index in [-0.39, 0.29) is 12.1 Å². The van der Waals surface area contributed by atoms with Crippen LogP contribution in [0.5, 0.6) is 0 Å². The Morgan fingerprint density at radius 2 is 1.15 bits per heavy atom. The molecule has 2 atom stereocenters. The molecule has 0 aliphatic heterocycles. The molecule has 0 aliphatic carbocycles. The molecule has 1 rings (SSSR count). The van der Waals surface area contributed by atoms with Gasteiger partial charge in [-0.1, -0.05) is 24.3 Å². The third kappa shape index (κ3) is 5.31. The minimum Gasteiger partial charge on any atom is -0.226 e. The van der Waals surface area contributed by atoms with E-state index in [2.05, 4.69) is 56.3 Å². The van der Waals surface area contributed by atoms with E-state index in [1.54, 1.807) is 0 Å². The van der Waals surface area contributed by atoms with Crippen LogP contribution in [0.1, 0.15) is 50.9 Å². The minimum atomic E-state index is 0.0693. The predicted molar refractivity (Wildman–Crippen MR) is 84.1 cm³/mol. The Morgan fingerprint density at radius 1 is 0.800 bits per heavy atom. The summed E-state index contributed by atoms with van der Waals surface area (Å²) >= 11 is 0. The molecule has 0 N–H and O–H groups in total. The summed E-state index contributed by atoms with van der Waals surface area (Å²) in [6.45, 7) is 9.41. The lowest BCUT2D eigenvalue weighted by atomic mass is 10.0. The summed E-state index contributed by atoms with van der Waals surface area (Å²) in [6.07, 6.45) is 0. The predicted octanol–water partition coefficient (Wildman–Crippen LogP) is 4.20. The molecule has 0 amide bonds. The molecule has 106 valence electrons. The summed E-state index contributed by atoms with van der Waals surface area (Å²) < 4.78 is 0. The van der Waals surface area contributed by atoms with Gasteiger partial charge in [-0.25, -0.2) is 20.0 Å². The molecule has 0 bridgehead atoms. The Labute approximate surface area is 121 Å². The van der Waals surface area contributed by atoms with Crippen molar-refractivity contribution in [1.29, 1.82) is 0 Å². The molecule has 4 nitrogen and oxygen atoms in total. The van der Waals surface area contributed by atoms with Gasteiger partial charge in [0.15, 0.2) is 0 Å². The van der Waals surface area contributed by atoms with Crippen LogP contribution in [-0.4, -0.2) is 25.1 Å². The van der Waals surface area contributed by atoms with Gasteiger partial charge in [0.2, 0.25) is 0 Å². The first-order chi connectivity index (χ1) is 9.69. The average molecular weight is 270 g/mol.